The molecule has 0 bridgehead atoms. The maximum absolute atomic E-state index is 5.83. The largest absolute Gasteiger partial charge is 0.375 e. The fourth-order valence-electron chi connectivity index (χ4n) is 3.38. The van der Waals surface area contributed by atoms with Crippen LogP contribution in [-0.4, -0.2) is 48.8 Å². The average molecular weight is 226 g/mol. The van der Waals surface area contributed by atoms with Crippen molar-refractivity contribution < 1.29 is 4.74 Å². The fraction of sp³-hybridized carbons (Fsp3) is 1.00. The summed E-state index contributed by atoms with van der Waals surface area (Å²) >= 11 is 0. The molecular formula is C13H26N2O. The summed E-state index contributed by atoms with van der Waals surface area (Å²) in [5.74, 6) is 0. The fourth-order valence-corrected chi connectivity index (χ4v) is 3.38. The van der Waals surface area contributed by atoms with Crippen LogP contribution in [0.25, 0.3) is 0 Å². The summed E-state index contributed by atoms with van der Waals surface area (Å²) in [4.78, 5) is 2.70. The van der Waals surface area contributed by atoms with Crippen molar-refractivity contribution in [1.82, 2.24) is 10.2 Å². The highest BCUT2D eigenvalue weighted by atomic mass is 16.5. The first-order chi connectivity index (χ1) is 7.70. The molecule has 0 aromatic rings. The molecule has 0 amide bonds. The number of rotatable bonds is 3. The van der Waals surface area contributed by atoms with Gasteiger partial charge in [-0.15, -0.1) is 0 Å². The van der Waals surface area contributed by atoms with Gasteiger partial charge in [-0.3, -0.25) is 4.90 Å². The van der Waals surface area contributed by atoms with Gasteiger partial charge in [0.25, 0.3) is 0 Å². The number of hydrogen-bond acceptors (Lipinski definition) is 3. The lowest BCUT2D eigenvalue weighted by atomic mass is 9.96. The summed E-state index contributed by atoms with van der Waals surface area (Å²) in [6.45, 7) is 10.3. The van der Waals surface area contributed by atoms with Crippen LogP contribution in [0.2, 0.25) is 0 Å². The lowest BCUT2D eigenvalue weighted by Gasteiger charge is -2.41. The molecular weight excluding hydrogens is 200 g/mol. The quantitative estimate of drug-likeness (QED) is 0.791. The molecule has 2 heterocycles. The molecule has 2 aliphatic rings. The zero-order valence-corrected chi connectivity index (χ0v) is 10.9. The highest BCUT2D eigenvalue weighted by Crippen LogP contribution is 2.26. The molecule has 2 aliphatic heterocycles. The van der Waals surface area contributed by atoms with Crippen molar-refractivity contribution in [2.45, 2.75) is 64.3 Å². The molecule has 16 heavy (non-hydrogen) atoms. The van der Waals surface area contributed by atoms with E-state index in [2.05, 4.69) is 31.0 Å². The minimum Gasteiger partial charge on any atom is -0.375 e. The van der Waals surface area contributed by atoms with Crippen LogP contribution < -0.4 is 5.32 Å². The monoisotopic (exact) mass is 226 g/mol. The molecule has 0 spiro atoms. The van der Waals surface area contributed by atoms with E-state index in [1.54, 1.807) is 0 Å². The second-order valence-corrected chi connectivity index (χ2v) is 5.36. The first-order valence-corrected chi connectivity index (χ1v) is 6.82. The van der Waals surface area contributed by atoms with E-state index >= 15 is 0 Å². The Bertz CT molecular complexity index is 206. The Balaban J connectivity index is 1.96. The molecule has 94 valence electrons. The van der Waals surface area contributed by atoms with E-state index < -0.39 is 0 Å². The highest BCUT2D eigenvalue weighted by molar-refractivity contribution is 4.88. The van der Waals surface area contributed by atoms with E-state index in [0.717, 1.165) is 12.1 Å². The number of nitrogens with zero attached hydrogens (tertiary/aromatic N) is 1. The molecule has 2 fully saturated rings. The van der Waals surface area contributed by atoms with Crippen LogP contribution in [0.15, 0.2) is 0 Å². The molecule has 3 nitrogen and oxygen atoms in total. The van der Waals surface area contributed by atoms with Gasteiger partial charge in [-0.05, 0) is 46.2 Å². The van der Waals surface area contributed by atoms with E-state index in [4.69, 9.17) is 4.74 Å². The number of likely N-dealkylation sites (N-methyl/N-ethyl adjacent to an activating group) is 1. The first-order valence-electron chi connectivity index (χ1n) is 6.82. The second kappa shape index (κ2) is 5.48. The molecule has 0 aliphatic carbocycles. The number of hydrogen-bond donors (Lipinski definition) is 1. The summed E-state index contributed by atoms with van der Waals surface area (Å²) in [6.07, 6.45) is 4.58. The smallest absolute Gasteiger partial charge is 0.0565 e. The predicted molar refractivity (Wildman–Crippen MR) is 66.7 cm³/mol. The van der Waals surface area contributed by atoms with Gasteiger partial charge in [-0.25, -0.2) is 0 Å². The van der Waals surface area contributed by atoms with Gasteiger partial charge in [0.1, 0.15) is 0 Å². The van der Waals surface area contributed by atoms with Crippen LogP contribution in [0, 0.1) is 0 Å². The van der Waals surface area contributed by atoms with Crippen molar-refractivity contribution in [3.05, 3.63) is 0 Å². The molecule has 0 aromatic heterocycles. The zero-order chi connectivity index (χ0) is 11.5. The third-order valence-corrected chi connectivity index (χ3v) is 4.01. The van der Waals surface area contributed by atoms with Crippen LogP contribution in [0.3, 0.4) is 0 Å². The van der Waals surface area contributed by atoms with Gasteiger partial charge < -0.3 is 10.1 Å². The van der Waals surface area contributed by atoms with Gasteiger partial charge >= 0.3 is 0 Å². The normalized spacial score (nSPS) is 40.5. The van der Waals surface area contributed by atoms with Crippen LogP contribution >= 0.6 is 0 Å². The Kier molecular flexibility index (Phi) is 4.22. The predicted octanol–water partition coefficient (Wildman–Crippen LogP) is 1.63. The van der Waals surface area contributed by atoms with E-state index in [9.17, 15) is 0 Å². The van der Waals surface area contributed by atoms with Crippen molar-refractivity contribution >= 4 is 0 Å². The molecule has 2 rings (SSSR count). The first kappa shape index (κ1) is 12.3. The van der Waals surface area contributed by atoms with Crippen molar-refractivity contribution in [2.24, 2.45) is 0 Å². The molecule has 1 N–H and O–H groups in total. The van der Waals surface area contributed by atoms with E-state index in [-0.39, 0.29) is 0 Å². The molecule has 3 atom stereocenters. The summed E-state index contributed by atoms with van der Waals surface area (Å²) in [7, 11) is 0. The summed E-state index contributed by atoms with van der Waals surface area (Å²) < 4.78 is 5.83. The number of ether oxygens (including phenoxy) is 1. The minimum atomic E-state index is 0.428. The molecule has 0 saturated carbocycles. The molecule has 3 heteroatoms. The Hall–Kier alpha value is -0.120. The zero-order valence-electron chi connectivity index (χ0n) is 10.9. The summed E-state index contributed by atoms with van der Waals surface area (Å²) in [5.41, 5.74) is 0. The topological polar surface area (TPSA) is 24.5 Å². The summed E-state index contributed by atoms with van der Waals surface area (Å²) in [6, 6.07) is 1.49. The van der Waals surface area contributed by atoms with Gasteiger partial charge in [-0.2, -0.15) is 0 Å². The van der Waals surface area contributed by atoms with Gasteiger partial charge in [0.05, 0.1) is 12.2 Å². The van der Waals surface area contributed by atoms with E-state index in [1.165, 1.54) is 38.9 Å². The summed E-state index contributed by atoms with van der Waals surface area (Å²) in [5, 5.41) is 3.48. The van der Waals surface area contributed by atoms with Crippen LogP contribution in [0.5, 0.6) is 0 Å². The third kappa shape index (κ3) is 2.76. The second-order valence-electron chi connectivity index (χ2n) is 5.36. The molecule has 2 saturated heterocycles. The van der Waals surface area contributed by atoms with E-state index in [1.807, 2.05) is 0 Å². The molecule has 0 aromatic carbocycles. The molecule has 3 unspecified atom stereocenters. The van der Waals surface area contributed by atoms with Crippen molar-refractivity contribution in [3.8, 4) is 0 Å². The Morgan fingerprint density at radius 3 is 2.38 bits per heavy atom. The van der Waals surface area contributed by atoms with Crippen LogP contribution in [-0.2, 0) is 4.74 Å². The lowest BCUT2D eigenvalue weighted by molar-refractivity contribution is -0.0701. The van der Waals surface area contributed by atoms with Gasteiger partial charge in [0.15, 0.2) is 0 Å². The SMILES string of the molecule is CCN(C1CCNC1)C1CC(C)OC(C)C1. The van der Waals surface area contributed by atoms with Crippen molar-refractivity contribution in [2.75, 3.05) is 19.6 Å². The maximum Gasteiger partial charge on any atom is 0.0565 e. The van der Waals surface area contributed by atoms with Gasteiger partial charge in [0, 0.05) is 18.6 Å². The van der Waals surface area contributed by atoms with Gasteiger partial charge in [0.2, 0.25) is 0 Å². The minimum absolute atomic E-state index is 0.428. The van der Waals surface area contributed by atoms with Crippen molar-refractivity contribution in [1.29, 1.82) is 0 Å². The molecule has 0 radical (unpaired) electrons. The standard InChI is InChI=1S/C13H26N2O/c1-4-15(12-5-6-14-9-12)13-7-10(2)16-11(3)8-13/h10-14H,4-9H2,1-3H3. The number of nitrogens with one attached hydrogen (secondary N) is 1. The van der Waals surface area contributed by atoms with E-state index in [0.29, 0.717) is 12.2 Å². The Labute approximate surface area is 99.5 Å². The van der Waals surface area contributed by atoms with Crippen LogP contribution in [0.1, 0.15) is 40.0 Å². The highest BCUT2D eigenvalue weighted by Gasteiger charge is 2.32. The maximum atomic E-state index is 5.83. The Morgan fingerprint density at radius 1 is 1.19 bits per heavy atom. The van der Waals surface area contributed by atoms with Crippen LogP contribution in [0.4, 0.5) is 0 Å². The third-order valence-electron chi connectivity index (χ3n) is 4.01. The van der Waals surface area contributed by atoms with Crippen molar-refractivity contribution in [3.63, 3.8) is 0 Å². The van der Waals surface area contributed by atoms with Gasteiger partial charge in [-0.1, -0.05) is 6.92 Å². The lowest BCUT2D eigenvalue weighted by Crippen LogP contribution is -2.49. The Morgan fingerprint density at radius 2 is 1.88 bits per heavy atom. The average Bonchev–Trinajstić information content (AvgIpc) is 2.70.